The first-order valence-corrected chi connectivity index (χ1v) is 6.69. The van der Waals surface area contributed by atoms with E-state index in [0.29, 0.717) is 11.8 Å². The Bertz CT molecular complexity index is 458. The van der Waals surface area contributed by atoms with Gasteiger partial charge in [0.05, 0.1) is 13.7 Å². The van der Waals surface area contributed by atoms with Crippen molar-refractivity contribution < 1.29 is 9.47 Å². The monoisotopic (exact) mass is 247 g/mol. The molecule has 0 bridgehead atoms. The topological polar surface area (TPSA) is 21.7 Å². The minimum atomic E-state index is 0.598. The molecular weight excluding hydrogens is 226 g/mol. The number of ether oxygens (including phenoxy) is 2. The van der Waals surface area contributed by atoms with Gasteiger partial charge >= 0.3 is 0 Å². The molecule has 0 radical (unpaired) electrons. The fraction of sp³-hybridized carbons (Fsp3) is 0.600. The summed E-state index contributed by atoms with van der Waals surface area (Å²) in [6.45, 7) is 5.29. The molecule has 2 atom stereocenters. The number of piperidine rings is 1. The first-order chi connectivity index (χ1) is 8.69. The molecule has 3 heteroatoms. The van der Waals surface area contributed by atoms with Crippen LogP contribution in [0.4, 0.5) is 0 Å². The summed E-state index contributed by atoms with van der Waals surface area (Å²) in [5, 5.41) is 0. The molecule has 1 saturated heterocycles. The Morgan fingerprint density at radius 2 is 2.22 bits per heavy atom. The van der Waals surface area contributed by atoms with Crippen LogP contribution in [0.2, 0.25) is 0 Å². The largest absolute Gasteiger partial charge is 0.497 e. The van der Waals surface area contributed by atoms with Gasteiger partial charge in [0.25, 0.3) is 0 Å². The van der Waals surface area contributed by atoms with Gasteiger partial charge in [0.2, 0.25) is 0 Å². The third-order valence-corrected chi connectivity index (χ3v) is 4.31. The van der Waals surface area contributed by atoms with Crippen LogP contribution in [0, 0.1) is 12.8 Å². The maximum Gasteiger partial charge on any atom is 0.126 e. The smallest absolute Gasteiger partial charge is 0.126 e. The molecule has 2 unspecified atom stereocenters. The Hall–Kier alpha value is -1.22. The molecule has 2 aliphatic heterocycles. The standard InChI is InChI=1S/C15H21NO2/c1-10-6-12(17-3)7-13-14-8-16(2)5-4-11(14)9-18-15(10)13/h6-7,11,14H,4-5,8-9H2,1-3H3. The maximum absolute atomic E-state index is 5.98. The summed E-state index contributed by atoms with van der Waals surface area (Å²) in [5.41, 5.74) is 2.53. The van der Waals surface area contributed by atoms with E-state index in [-0.39, 0.29) is 0 Å². The van der Waals surface area contributed by atoms with Gasteiger partial charge in [0.1, 0.15) is 11.5 Å². The van der Waals surface area contributed by atoms with Gasteiger partial charge in [-0.05, 0) is 44.6 Å². The molecule has 1 aromatic rings. The molecule has 0 aromatic heterocycles. The summed E-state index contributed by atoms with van der Waals surface area (Å²) in [6, 6.07) is 4.23. The zero-order valence-corrected chi connectivity index (χ0v) is 11.4. The Kier molecular flexibility index (Phi) is 2.94. The third-order valence-electron chi connectivity index (χ3n) is 4.31. The number of likely N-dealkylation sites (tertiary alicyclic amines) is 1. The number of methoxy groups -OCH3 is 1. The lowest BCUT2D eigenvalue weighted by molar-refractivity contribution is 0.113. The lowest BCUT2D eigenvalue weighted by Crippen LogP contribution is -2.41. The quantitative estimate of drug-likeness (QED) is 0.761. The number of fused-ring (bicyclic) bond motifs is 3. The average molecular weight is 247 g/mol. The van der Waals surface area contributed by atoms with Gasteiger partial charge in [-0.2, -0.15) is 0 Å². The Morgan fingerprint density at radius 1 is 1.39 bits per heavy atom. The Morgan fingerprint density at radius 3 is 3.00 bits per heavy atom. The van der Waals surface area contributed by atoms with E-state index in [1.54, 1.807) is 7.11 Å². The predicted octanol–water partition coefficient (Wildman–Crippen LogP) is 2.43. The SMILES string of the molecule is COc1cc(C)c2c(c1)C1CN(C)CCC1CO2. The van der Waals surface area contributed by atoms with Crippen molar-refractivity contribution in [2.24, 2.45) is 5.92 Å². The highest BCUT2D eigenvalue weighted by molar-refractivity contribution is 5.50. The number of aryl methyl sites for hydroxylation is 1. The summed E-state index contributed by atoms with van der Waals surface area (Å²) >= 11 is 0. The van der Waals surface area contributed by atoms with Gasteiger partial charge in [0, 0.05) is 23.9 Å². The van der Waals surface area contributed by atoms with Crippen LogP contribution in [0.1, 0.15) is 23.5 Å². The number of hydrogen-bond acceptors (Lipinski definition) is 3. The number of nitrogens with zero attached hydrogens (tertiary/aromatic N) is 1. The van der Waals surface area contributed by atoms with Crippen molar-refractivity contribution in [2.45, 2.75) is 19.3 Å². The minimum absolute atomic E-state index is 0.598. The van der Waals surface area contributed by atoms with Gasteiger partial charge in [-0.1, -0.05) is 0 Å². The van der Waals surface area contributed by atoms with E-state index in [1.807, 2.05) is 0 Å². The summed E-state index contributed by atoms with van der Waals surface area (Å²) < 4.78 is 11.4. The van der Waals surface area contributed by atoms with Crippen LogP contribution >= 0.6 is 0 Å². The molecule has 0 N–H and O–H groups in total. The molecule has 98 valence electrons. The summed E-state index contributed by atoms with van der Waals surface area (Å²) in [4.78, 5) is 2.42. The van der Waals surface area contributed by atoms with Gasteiger partial charge in [-0.25, -0.2) is 0 Å². The minimum Gasteiger partial charge on any atom is -0.497 e. The lowest BCUT2D eigenvalue weighted by Gasteiger charge is -2.41. The van der Waals surface area contributed by atoms with Crippen molar-refractivity contribution in [3.8, 4) is 11.5 Å². The van der Waals surface area contributed by atoms with Crippen LogP contribution < -0.4 is 9.47 Å². The lowest BCUT2D eigenvalue weighted by atomic mass is 9.78. The second kappa shape index (κ2) is 4.47. The maximum atomic E-state index is 5.98. The van der Waals surface area contributed by atoms with Crippen LogP contribution in [-0.2, 0) is 0 Å². The van der Waals surface area contributed by atoms with Crippen molar-refractivity contribution in [3.63, 3.8) is 0 Å². The highest BCUT2D eigenvalue weighted by atomic mass is 16.5. The van der Waals surface area contributed by atoms with E-state index >= 15 is 0 Å². The van der Waals surface area contributed by atoms with E-state index in [4.69, 9.17) is 9.47 Å². The first-order valence-electron chi connectivity index (χ1n) is 6.69. The molecule has 1 fully saturated rings. The van der Waals surface area contributed by atoms with E-state index < -0.39 is 0 Å². The summed E-state index contributed by atoms with van der Waals surface area (Å²) in [5.74, 6) is 3.30. The zero-order chi connectivity index (χ0) is 12.7. The fourth-order valence-electron chi connectivity index (χ4n) is 3.26. The molecule has 2 aliphatic rings. The average Bonchev–Trinajstić information content (AvgIpc) is 2.38. The van der Waals surface area contributed by atoms with E-state index in [1.165, 1.54) is 24.1 Å². The predicted molar refractivity (Wildman–Crippen MR) is 71.6 cm³/mol. The van der Waals surface area contributed by atoms with Gasteiger partial charge in [-0.15, -0.1) is 0 Å². The normalized spacial score (nSPS) is 27.1. The molecule has 0 aliphatic carbocycles. The van der Waals surface area contributed by atoms with Gasteiger partial charge in [-0.3, -0.25) is 0 Å². The van der Waals surface area contributed by atoms with E-state index in [0.717, 1.165) is 24.7 Å². The van der Waals surface area contributed by atoms with Gasteiger partial charge < -0.3 is 14.4 Å². The van der Waals surface area contributed by atoms with E-state index in [9.17, 15) is 0 Å². The number of benzene rings is 1. The number of rotatable bonds is 1. The Labute approximate surface area is 109 Å². The molecule has 0 amide bonds. The second-order valence-corrected chi connectivity index (χ2v) is 5.59. The van der Waals surface area contributed by atoms with Crippen LogP contribution in [0.25, 0.3) is 0 Å². The van der Waals surface area contributed by atoms with Gasteiger partial charge in [0.15, 0.2) is 0 Å². The van der Waals surface area contributed by atoms with E-state index in [2.05, 4.69) is 31.0 Å². The van der Waals surface area contributed by atoms with Crippen LogP contribution in [0.15, 0.2) is 12.1 Å². The van der Waals surface area contributed by atoms with Crippen molar-refractivity contribution in [3.05, 3.63) is 23.3 Å². The summed E-state index contributed by atoms with van der Waals surface area (Å²) in [7, 11) is 3.94. The molecule has 3 rings (SSSR count). The highest BCUT2D eigenvalue weighted by Crippen LogP contribution is 2.44. The molecule has 18 heavy (non-hydrogen) atoms. The third kappa shape index (κ3) is 1.87. The van der Waals surface area contributed by atoms with Crippen molar-refractivity contribution in [2.75, 3.05) is 33.9 Å². The zero-order valence-electron chi connectivity index (χ0n) is 11.4. The molecule has 0 saturated carbocycles. The Balaban J connectivity index is 2.03. The van der Waals surface area contributed by atoms with Crippen LogP contribution in [-0.4, -0.2) is 38.8 Å². The highest BCUT2D eigenvalue weighted by Gasteiger charge is 2.35. The molecule has 0 spiro atoms. The molecule has 1 aromatic carbocycles. The molecular formula is C15H21NO2. The van der Waals surface area contributed by atoms with Crippen molar-refractivity contribution >= 4 is 0 Å². The van der Waals surface area contributed by atoms with Crippen LogP contribution in [0.5, 0.6) is 11.5 Å². The van der Waals surface area contributed by atoms with Crippen molar-refractivity contribution in [1.82, 2.24) is 4.90 Å². The van der Waals surface area contributed by atoms with Crippen molar-refractivity contribution in [1.29, 1.82) is 0 Å². The first kappa shape index (κ1) is 11.8. The summed E-state index contributed by atoms with van der Waals surface area (Å²) in [6.07, 6.45) is 1.23. The number of hydrogen-bond donors (Lipinski definition) is 0. The molecule has 2 heterocycles. The number of likely N-dealkylation sites (N-methyl/N-ethyl adjacent to an activating group) is 1. The molecule has 3 nitrogen and oxygen atoms in total. The second-order valence-electron chi connectivity index (χ2n) is 5.59. The van der Waals surface area contributed by atoms with Crippen LogP contribution in [0.3, 0.4) is 0 Å². The fourth-order valence-corrected chi connectivity index (χ4v) is 3.26.